The average Bonchev–Trinajstić information content (AvgIpc) is 3.17. The quantitative estimate of drug-likeness (QED) is 0.398. The van der Waals surface area contributed by atoms with Crippen molar-refractivity contribution in [2.75, 3.05) is 31.5 Å². The first-order valence-corrected chi connectivity index (χ1v) is 15.4. The monoisotopic (exact) mass is 658 g/mol. The second kappa shape index (κ2) is 13.5. The lowest BCUT2D eigenvalue weighted by Gasteiger charge is -2.38. The van der Waals surface area contributed by atoms with Gasteiger partial charge < -0.3 is 20.4 Å². The van der Waals surface area contributed by atoms with E-state index in [4.69, 9.17) is 23.2 Å². The minimum atomic E-state index is -0.730. The Hall–Kier alpha value is -4.16. The molecule has 2 N–H and O–H groups in total. The molecule has 0 saturated carbocycles. The van der Waals surface area contributed by atoms with Crippen LogP contribution in [0.2, 0.25) is 10.0 Å². The van der Waals surface area contributed by atoms with Crippen LogP contribution >= 0.6 is 23.2 Å². The molecule has 3 heterocycles. The minimum absolute atomic E-state index is 0.0166. The zero-order chi connectivity index (χ0) is 32.4. The second-order valence-corrected chi connectivity index (χ2v) is 12.1. The molecule has 5 rings (SSSR count). The Labute approximate surface area is 268 Å². The summed E-state index contributed by atoms with van der Waals surface area (Å²) in [6.45, 7) is 3.76. The third-order valence-corrected chi connectivity index (χ3v) is 9.09. The summed E-state index contributed by atoms with van der Waals surface area (Å²) in [4.78, 5) is 68.5. The van der Waals surface area contributed by atoms with Gasteiger partial charge in [-0.1, -0.05) is 35.3 Å². The maximum Gasteiger partial charge on any atom is 0.331 e. The van der Waals surface area contributed by atoms with Crippen molar-refractivity contribution in [3.8, 4) is 11.1 Å². The van der Waals surface area contributed by atoms with Gasteiger partial charge in [-0.2, -0.15) is 0 Å². The van der Waals surface area contributed by atoms with E-state index in [0.717, 1.165) is 10.1 Å². The number of aromatic nitrogens is 2. The van der Waals surface area contributed by atoms with Crippen molar-refractivity contribution in [2.45, 2.75) is 51.7 Å². The topological polar surface area (TPSA) is 126 Å². The molecule has 2 aromatic carbocycles. The molecule has 14 heteroatoms. The highest BCUT2D eigenvalue weighted by molar-refractivity contribution is 6.43. The van der Waals surface area contributed by atoms with E-state index in [9.17, 15) is 28.4 Å². The van der Waals surface area contributed by atoms with Gasteiger partial charge in [-0.15, -0.1) is 0 Å². The lowest BCUT2D eigenvalue weighted by molar-refractivity contribution is -0.133. The van der Waals surface area contributed by atoms with Crippen LogP contribution in [0, 0.1) is 5.82 Å². The predicted molar refractivity (Wildman–Crippen MR) is 169 cm³/mol. The highest BCUT2D eigenvalue weighted by Crippen LogP contribution is 2.32. The van der Waals surface area contributed by atoms with Crippen LogP contribution in [0.15, 0.2) is 52.2 Å². The SMILES string of the molecule is CC(=O)NC[C@H](C)n1c(=O)c(-c2cccc(Cl)c2Cl)cn(CC(=O)N2CCC(N3CCc4cc(F)ccc4NC3=O)CC2)c1=O. The molecule has 1 saturated heterocycles. The van der Waals surface area contributed by atoms with Crippen LogP contribution in [0.4, 0.5) is 14.9 Å². The van der Waals surface area contributed by atoms with Crippen molar-refractivity contribution >= 4 is 46.7 Å². The number of likely N-dealkylation sites (tertiary alicyclic amines) is 1. The standard InChI is InChI=1S/C31H33Cl2FN6O5/c1-18(15-35-19(2)41)40-29(43)24(23-4-3-5-25(32)28(23)33)16-38(31(40)45)17-27(42)37-11-9-22(10-12-37)39-13-8-20-14-21(34)6-7-26(20)36-30(39)44/h3-7,14,16,18,22H,8-13,15,17H2,1-2H3,(H,35,41)(H,36,44)/t18-/m0/s1. The van der Waals surface area contributed by atoms with E-state index in [1.165, 1.54) is 29.8 Å². The zero-order valence-electron chi connectivity index (χ0n) is 24.8. The number of fused-ring (bicyclic) bond motifs is 1. The Bertz CT molecular complexity index is 1770. The van der Waals surface area contributed by atoms with E-state index >= 15 is 0 Å². The summed E-state index contributed by atoms with van der Waals surface area (Å²) >= 11 is 12.7. The van der Waals surface area contributed by atoms with E-state index in [-0.39, 0.29) is 58.4 Å². The molecule has 4 amide bonds. The number of anilines is 1. The second-order valence-electron chi connectivity index (χ2n) is 11.3. The summed E-state index contributed by atoms with van der Waals surface area (Å²) in [5, 5.41) is 5.83. The number of amides is 4. The van der Waals surface area contributed by atoms with Gasteiger partial charge in [-0.05, 0) is 56.0 Å². The fraction of sp³-hybridized carbons (Fsp3) is 0.387. The maximum absolute atomic E-state index is 13.7. The van der Waals surface area contributed by atoms with Gasteiger partial charge in [-0.25, -0.2) is 14.0 Å². The Morgan fingerprint density at radius 3 is 2.51 bits per heavy atom. The van der Waals surface area contributed by atoms with Gasteiger partial charge in [0.2, 0.25) is 11.8 Å². The number of piperidine rings is 1. The van der Waals surface area contributed by atoms with Crippen LogP contribution < -0.4 is 21.9 Å². The number of hydrogen-bond acceptors (Lipinski definition) is 5. The third-order valence-electron chi connectivity index (χ3n) is 8.27. The Balaban J connectivity index is 1.34. The molecule has 11 nitrogen and oxygen atoms in total. The molecule has 0 aliphatic carbocycles. The van der Waals surface area contributed by atoms with Crippen molar-refractivity contribution in [3.05, 3.63) is 84.9 Å². The Kier molecular flexibility index (Phi) is 9.64. The smallest absolute Gasteiger partial charge is 0.331 e. The first-order valence-electron chi connectivity index (χ1n) is 14.6. The average molecular weight is 660 g/mol. The summed E-state index contributed by atoms with van der Waals surface area (Å²) in [6, 6.07) is 7.98. The molecular formula is C31H33Cl2FN6O5. The Morgan fingerprint density at radius 1 is 1.07 bits per heavy atom. The number of carbonyl (C=O) groups is 3. The molecule has 0 radical (unpaired) electrons. The number of rotatable bonds is 7. The maximum atomic E-state index is 13.7. The van der Waals surface area contributed by atoms with E-state index in [2.05, 4.69) is 10.6 Å². The summed E-state index contributed by atoms with van der Waals surface area (Å²) < 4.78 is 15.9. The number of halogens is 3. The number of hydrogen-bond donors (Lipinski definition) is 2. The Morgan fingerprint density at radius 2 is 1.80 bits per heavy atom. The largest absolute Gasteiger partial charge is 0.354 e. The van der Waals surface area contributed by atoms with Crippen molar-refractivity contribution < 1.29 is 18.8 Å². The summed E-state index contributed by atoms with van der Waals surface area (Å²) in [6.07, 6.45) is 2.87. The molecule has 2 aliphatic rings. The van der Waals surface area contributed by atoms with Crippen LogP contribution in [-0.4, -0.2) is 69.0 Å². The van der Waals surface area contributed by atoms with Gasteiger partial charge in [-0.3, -0.25) is 23.5 Å². The molecule has 1 atom stereocenters. The van der Waals surface area contributed by atoms with E-state index in [0.29, 0.717) is 50.1 Å². The van der Waals surface area contributed by atoms with Crippen LogP contribution in [0.5, 0.6) is 0 Å². The summed E-state index contributed by atoms with van der Waals surface area (Å²) in [5.74, 6) is -1.01. The highest BCUT2D eigenvalue weighted by Gasteiger charge is 2.32. The van der Waals surface area contributed by atoms with Crippen molar-refractivity contribution in [3.63, 3.8) is 0 Å². The number of urea groups is 1. The normalized spacial score (nSPS) is 16.1. The van der Waals surface area contributed by atoms with Gasteiger partial charge in [0, 0.05) is 56.6 Å². The minimum Gasteiger partial charge on any atom is -0.354 e. The van der Waals surface area contributed by atoms with Gasteiger partial charge in [0.15, 0.2) is 0 Å². The first-order chi connectivity index (χ1) is 21.4. The molecule has 2 aliphatic heterocycles. The highest BCUT2D eigenvalue weighted by atomic mass is 35.5. The molecule has 1 fully saturated rings. The number of benzene rings is 2. The zero-order valence-corrected chi connectivity index (χ0v) is 26.3. The van der Waals surface area contributed by atoms with Crippen LogP contribution in [0.3, 0.4) is 0 Å². The van der Waals surface area contributed by atoms with E-state index in [1.54, 1.807) is 41.0 Å². The van der Waals surface area contributed by atoms with Crippen LogP contribution in [0.25, 0.3) is 11.1 Å². The fourth-order valence-electron chi connectivity index (χ4n) is 5.84. The number of carbonyl (C=O) groups excluding carboxylic acids is 3. The molecule has 0 bridgehead atoms. The number of nitrogens with one attached hydrogen (secondary N) is 2. The van der Waals surface area contributed by atoms with Crippen LogP contribution in [-0.2, 0) is 22.6 Å². The van der Waals surface area contributed by atoms with E-state index in [1.807, 2.05) is 0 Å². The summed E-state index contributed by atoms with van der Waals surface area (Å²) in [7, 11) is 0. The van der Waals surface area contributed by atoms with E-state index < -0.39 is 17.3 Å². The third kappa shape index (κ3) is 6.91. The molecular weight excluding hydrogens is 626 g/mol. The van der Waals surface area contributed by atoms with Gasteiger partial charge >= 0.3 is 11.7 Å². The molecule has 0 unspecified atom stereocenters. The first kappa shape index (κ1) is 32.2. The lowest BCUT2D eigenvalue weighted by atomic mass is 10.0. The molecule has 0 spiro atoms. The van der Waals surface area contributed by atoms with Crippen LogP contribution in [0.1, 0.15) is 38.3 Å². The number of nitrogens with zero attached hydrogens (tertiary/aromatic N) is 4. The van der Waals surface area contributed by atoms with Crippen molar-refractivity contribution in [1.29, 1.82) is 0 Å². The van der Waals surface area contributed by atoms with Gasteiger partial charge in [0.1, 0.15) is 12.4 Å². The lowest BCUT2D eigenvalue weighted by Crippen LogP contribution is -2.51. The molecule has 3 aromatic rings. The van der Waals surface area contributed by atoms with Gasteiger partial charge in [0.25, 0.3) is 5.56 Å². The molecule has 45 heavy (non-hydrogen) atoms. The van der Waals surface area contributed by atoms with Gasteiger partial charge in [0.05, 0.1) is 21.7 Å². The molecule has 238 valence electrons. The van der Waals surface area contributed by atoms with Crippen molar-refractivity contribution in [1.82, 2.24) is 24.3 Å². The predicted octanol–water partition coefficient (Wildman–Crippen LogP) is 3.90. The molecule has 1 aromatic heterocycles. The summed E-state index contributed by atoms with van der Waals surface area (Å²) in [5.41, 5.74) is 0.365. The fourth-order valence-corrected chi connectivity index (χ4v) is 6.25. The van der Waals surface area contributed by atoms with Crippen molar-refractivity contribution in [2.24, 2.45) is 0 Å².